The Kier molecular flexibility index (Phi) is 3.80. The maximum absolute atomic E-state index is 12.0. The fourth-order valence-electron chi connectivity index (χ4n) is 1.98. The van der Waals surface area contributed by atoms with Gasteiger partial charge in [0.15, 0.2) is 0 Å². The Morgan fingerprint density at radius 2 is 1.89 bits per heavy atom. The molecule has 1 heterocycles. The van der Waals surface area contributed by atoms with Gasteiger partial charge in [0.2, 0.25) is 0 Å². The van der Waals surface area contributed by atoms with Crippen molar-refractivity contribution >= 4 is 5.91 Å². The second kappa shape index (κ2) is 5.52. The number of aryl methyl sites for hydroxylation is 2. The number of hydrogen-bond donors (Lipinski definition) is 2. The van der Waals surface area contributed by atoms with Crippen LogP contribution in [0.15, 0.2) is 41.3 Å². The molecule has 0 bridgehead atoms. The van der Waals surface area contributed by atoms with Gasteiger partial charge in [0, 0.05) is 23.9 Å². The van der Waals surface area contributed by atoms with Crippen LogP contribution in [0, 0.1) is 13.8 Å². The molecule has 98 valence electrons. The smallest absolute Gasteiger partial charge is 0.252 e. The summed E-state index contributed by atoms with van der Waals surface area (Å²) in [5.74, 6) is -0.171. The largest absolute Gasteiger partial charge is 0.348 e. The van der Waals surface area contributed by atoms with Crippen LogP contribution in [0.3, 0.4) is 0 Å². The molecule has 0 aliphatic carbocycles. The highest BCUT2D eigenvalue weighted by Gasteiger charge is 2.07. The van der Waals surface area contributed by atoms with Crippen molar-refractivity contribution in [1.29, 1.82) is 0 Å². The average Bonchev–Trinajstić information content (AvgIpc) is 2.36. The normalized spacial score (nSPS) is 10.2. The molecule has 0 unspecified atom stereocenters. The Labute approximate surface area is 111 Å². The van der Waals surface area contributed by atoms with Crippen molar-refractivity contribution < 1.29 is 4.79 Å². The number of benzene rings is 1. The number of carbonyl (C=O) groups is 1. The predicted molar refractivity (Wildman–Crippen MR) is 74.1 cm³/mol. The van der Waals surface area contributed by atoms with Crippen LogP contribution in [0.1, 0.15) is 27.0 Å². The van der Waals surface area contributed by atoms with E-state index in [1.807, 2.05) is 32.0 Å². The van der Waals surface area contributed by atoms with E-state index in [2.05, 4.69) is 10.3 Å². The fraction of sp³-hybridized carbons (Fsp3) is 0.200. The summed E-state index contributed by atoms with van der Waals surface area (Å²) in [7, 11) is 0. The minimum absolute atomic E-state index is 0.171. The molecule has 4 heteroatoms. The van der Waals surface area contributed by atoms with E-state index < -0.39 is 0 Å². The molecule has 0 spiro atoms. The summed E-state index contributed by atoms with van der Waals surface area (Å²) in [6.45, 7) is 4.12. The van der Waals surface area contributed by atoms with Gasteiger partial charge in [-0.15, -0.1) is 0 Å². The van der Waals surface area contributed by atoms with Crippen molar-refractivity contribution in [3.05, 3.63) is 69.1 Å². The summed E-state index contributed by atoms with van der Waals surface area (Å²) in [6, 6.07) is 9.11. The van der Waals surface area contributed by atoms with E-state index in [4.69, 9.17) is 0 Å². The number of aromatic amines is 1. The van der Waals surface area contributed by atoms with Gasteiger partial charge in [-0.1, -0.05) is 23.3 Å². The van der Waals surface area contributed by atoms with Gasteiger partial charge in [-0.05, 0) is 32.0 Å². The van der Waals surface area contributed by atoms with E-state index in [1.165, 1.54) is 0 Å². The Balaban J connectivity index is 2.10. The van der Waals surface area contributed by atoms with Crippen LogP contribution in [0.5, 0.6) is 0 Å². The van der Waals surface area contributed by atoms with Crippen molar-refractivity contribution in [3.63, 3.8) is 0 Å². The molecule has 1 aromatic carbocycles. The van der Waals surface area contributed by atoms with Crippen LogP contribution in [0.25, 0.3) is 0 Å². The third-order valence-electron chi connectivity index (χ3n) is 2.82. The van der Waals surface area contributed by atoms with Gasteiger partial charge < -0.3 is 10.3 Å². The van der Waals surface area contributed by atoms with E-state index in [1.54, 1.807) is 18.3 Å². The number of rotatable bonds is 3. The van der Waals surface area contributed by atoms with Gasteiger partial charge in [0.25, 0.3) is 11.5 Å². The third kappa shape index (κ3) is 3.31. The zero-order chi connectivity index (χ0) is 13.8. The highest BCUT2D eigenvalue weighted by atomic mass is 16.1. The second-order valence-electron chi connectivity index (χ2n) is 4.58. The number of carbonyl (C=O) groups excluding carboxylic acids is 1. The molecule has 0 aliphatic heterocycles. The van der Waals surface area contributed by atoms with Crippen LogP contribution in [0.4, 0.5) is 0 Å². The Bertz CT molecular complexity index is 639. The van der Waals surface area contributed by atoms with E-state index >= 15 is 0 Å². The minimum atomic E-state index is -0.178. The lowest BCUT2D eigenvalue weighted by Crippen LogP contribution is -2.26. The predicted octanol–water partition coefficient (Wildman–Crippen LogP) is 1.92. The maximum atomic E-state index is 12.0. The molecule has 0 radical (unpaired) electrons. The van der Waals surface area contributed by atoms with Gasteiger partial charge in [-0.3, -0.25) is 9.59 Å². The van der Waals surface area contributed by atoms with E-state index in [-0.39, 0.29) is 18.0 Å². The molecule has 0 atom stereocenters. The summed E-state index contributed by atoms with van der Waals surface area (Å²) >= 11 is 0. The van der Waals surface area contributed by atoms with Crippen LogP contribution < -0.4 is 10.9 Å². The maximum Gasteiger partial charge on any atom is 0.252 e. The van der Waals surface area contributed by atoms with Crippen LogP contribution in [0.2, 0.25) is 0 Å². The Hall–Kier alpha value is -2.36. The first-order valence-electron chi connectivity index (χ1n) is 6.09. The van der Waals surface area contributed by atoms with Crippen molar-refractivity contribution in [1.82, 2.24) is 10.3 Å². The second-order valence-corrected chi connectivity index (χ2v) is 4.58. The SMILES string of the molecule is Cc1cc(C)cc(C(=O)NCc2ccc[nH]c2=O)c1. The molecule has 0 saturated carbocycles. The number of amides is 1. The minimum Gasteiger partial charge on any atom is -0.348 e. The van der Waals surface area contributed by atoms with E-state index in [9.17, 15) is 9.59 Å². The molecular weight excluding hydrogens is 240 g/mol. The molecule has 2 aromatic rings. The number of hydrogen-bond acceptors (Lipinski definition) is 2. The van der Waals surface area contributed by atoms with Crippen molar-refractivity contribution in [2.75, 3.05) is 0 Å². The molecule has 0 fully saturated rings. The van der Waals surface area contributed by atoms with Gasteiger partial charge in [0.1, 0.15) is 0 Å². The standard InChI is InChI=1S/C15H16N2O2/c1-10-6-11(2)8-13(7-10)15(19)17-9-12-4-3-5-16-14(12)18/h3-8H,9H2,1-2H3,(H,16,18)(H,17,19). The number of nitrogens with one attached hydrogen (secondary N) is 2. The van der Waals surface area contributed by atoms with Crippen LogP contribution >= 0.6 is 0 Å². The van der Waals surface area contributed by atoms with Crippen LogP contribution in [-0.2, 0) is 6.54 Å². The molecular formula is C15H16N2O2. The molecule has 4 nitrogen and oxygen atoms in total. The van der Waals surface area contributed by atoms with Crippen LogP contribution in [-0.4, -0.2) is 10.9 Å². The Morgan fingerprint density at radius 1 is 1.21 bits per heavy atom. The van der Waals surface area contributed by atoms with Crippen molar-refractivity contribution in [2.45, 2.75) is 20.4 Å². The van der Waals surface area contributed by atoms with Gasteiger partial charge in [-0.2, -0.15) is 0 Å². The molecule has 1 amide bonds. The van der Waals surface area contributed by atoms with Gasteiger partial charge in [-0.25, -0.2) is 0 Å². The molecule has 19 heavy (non-hydrogen) atoms. The van der Waals surface area contributed by atoms with E-state index in [0.717, 1.165) is 11.1 Å². The van der Waals surface area contributed by atoms with Gasteiger partial charge in [0.05, 0.1) is 0 Å². The van der Waals surface area contributed by atoms with Crippen molar-refractivity contribution in [2.24, 2.45) is 0 Å². The number of H-pyrrole nitrogens is 1. The zero-order valence-electron chi connectivity index (χ0n) is 11.0. The van der Waals surface area contributed by atoms with E-state index in [0.29, 0.717) is 11.1 Å². The lowest BCUT2D eigenvalue weighted by molar-refractivity contribution is 0.0950. The molecule has 2 rings (SSSR count). The highest BCUT2D eigenvalue weighted by Crippen LogP contribution is 2.08. The van der Waals surface area contributed by atoms with Crippen molar-refractivity contribution in [3.8, 4) is 0 Å². The molecule has 0 aliphatic rings. The highest BCUT2D eigenvalue weighted by molar-refractivity contribution is 5.94. The Morgan fingerprint density at radius 3 is 2.53 bits per heavy atom. The summed E-state index contributed by atoms with van der Waals surface area (Å²) in [4.78, 5) is 26.1. The first kappa shape index (κ1) is 13.1. The monoisotopic (exact) mass is 256 g/mol. The number of aromatic nitrogens is 1. The molecule has 0 saturated heterocycles. The quantitative estimate of drug-likeness (QED) is 0.881. The zero-order valence-corrected chi connectivity index (χ0v) is 11.0. The summed E-state index contributed by atoms with van der Waals surface area (Å²) < 4.78 is 0. The molecule has 1 aromatic heterocycles. The third-order valence-corrected chi connectivity index (χ3v) is 2.82. The lowest BCUT2D eigenvalue weighted by Gasteiger charge is -2.06. The topological polar surface area (TPSA) is 62.0 Å². The first-order chi connectivity index (χ1) is 9.06. The fourth-order valence-corrected chi connectivity index (χ4v) is 1.98. The summed E-state index contributed by atoms with van der Waals surface area (Å²) in [5.41, 5.74) is 3.07. The first-order valence-corrected chi connectivity index (χ1v) is 6.09. The average molecular weight is 256 g/mol. The number of pyridine rings is 1. The van der Waals surface area contributed by atoms with Gasteiger partial charge >= 0.3 is 0 Å². The summed E-state index contributed by atoms with van der Waals surface area (Å²) in [5, 5.41) is 2.75. The summed E-state index contributed by atoms with van der Waals surface area (Å²) in [6.07, 6.45) is 1.57. The molecule has 2 N–H and O–H groups in total. The lowest BCUT2D eigenvalue weighted by atomic mass is 10.1.